The Balaban J connectivity index is 1.91. The van der Waals surface area contributed by atoms with Crippen molar-refractivity contribution in [1.29, 1.82) is 0 Å². The summed E-state index contributed by atoms with van der Waals surface area (Å²) in [6, 6.07) is 5.14. The minimum absolute atomic E-state index is 0.204. The topological polar surface area (TPSA) is 29.3 Å². The van der Waals surface area contributed by atoms with Crippen molar-refractivity contribution in [2.45, 2.75) is 31.8 Å². The molecule has 0 radical (unpaired) electrons. The maximum absolute atomic E-state index is 6.15. The lowest BCUT2D eigenvalue weighted by atomic mass is 10.2. The zero-order valence-corrected chi connectivity index (χ0v) is 9.46. The van der Waals surface area contributed by atoms with Crippen molar-refractivity contribution in [3.05, 3.63) is 22.4 Å². The van der Waals surface area contributed by atoms with Crippen LogP contribution in [-0.2, 0) is 0 Å². The van der Waals surface area contributed by atoms with Crippen molar-refractivity contribution in [2.75, 3.05) is 13.1 Å². The minimum atomic E-state index is 0.204. The van der Waals surface area contributed by atoms with E-state index in [1.807, 2.05) is 0 Å². The van der Waals surface area contributed by atoms with Crippen molar-refractivity contribution in [1.82, 2.24) is 4.90 Å². The molecule has 2 heterocycles. The van der Waals surface area contributed by atoms with Crippen LogP contribution in [0.15, 0.2) is 17.5 Å². The Morgan fingerprint density at radius 3 is 3.14 bits per heavy atom. The van der Waals surface area contributed by atoms with Crippen LogP contribution < -0.4 is 5.73 Å². The average Bonchev–Trinajstić information content (AvgIpc) is 2.77. The predicted molar refractivity (Wildman–Crippen MR) is 61.5 cm³/mol. The lowest BCUT2D eigenvalue weighted by Gasteiger charge is -2.24. The number of rotatable bonds is 3. The third-order valence-corrected chi connectivity index (χ3v) is 4.03. The number of nitrogens with two attached hydrogens (primary N) is 1. The number of hydrogen-bond donors (Lipinski definition) is 1. The SMILES string of the molecule is CC1CCCN1CC(N)c1cccs1. The highest BCUT2D eigenvalue weighted by atomic mass is 32.1. The fourth-order valence-electron chi connectivity index (χ4n) is 2.11. The van der Waals surface area contributed by atoms with Crippen molar-refractivity contribution in [2.24, 2.45) is 5.73 Å². The first kappa shape index (κ1) is 10.1. The highest BCUT2D eigenvalue weighted by Gasteiger charge is 2.22. The van der Waals surface area contributed by atoms with E-state index >= 15 is 0 Å². The standard InChI is InChI=1S/C11H18N2S/c1-9-4-2-6-13(9)8-10(12)11-5-3-7-14-11/h3,5,7,9-10H,2,4,6,8,12H2,1H3. The van der Waals surface area contributed by atoms with E-state index in [2.05, 4.69) is 29.3 Å². The summed E-state index contributed by atoms with van der Waals surface area (Å²) in [4.78, 5) is 3.81. The van der Waals surface area contributed by atoms with E-state index < -0.39 is 0 Å². The first-order chi connectivity index (χ1) is 6.77. The Morgan fingerprint density at radius 2 is 2.57 bits per heavy atom. The van der Waals surface area contributed by atoms with Gasteiger partial charge >= 0.3 is 0 Å². The van der Waals surface area contributed by atoms with E-state index in [-0.39, 0.29) is 6.04 Å². The van der Waals surface area contributed by atoms with Crippen LogP contribution in [-0.4, -0.2) is 24.0 Å². The number of likely N-dealkylation sites (tertiary alicyclic amines) is 1. The van der Waals surface area contributed by atoms with Gasteiger partial charge in [-0.05, 0) is 37.8 Å². The van der Waals surface area contributed by atoms with E-state index in [0.29, 0.717) is 0 Å². The molecule has 2 N–H and O–H groups in total. The van der Waals surface area contributed by atoms with Crippen LogP contribution in [0.1, 0.15) is 30.7 Å². The highest BCUT2D eigenvalue weighted by Crippen LogP contribution is 2.22. The van der Waals surface area contributed by atoms with Crippen LogP contribution in [0.25, 0.3) is 0 Å². The van der Waals surface area contributed by atoms with Crippen LogP contribution >= 0.6 is 11.3 Å². The van der Waals surface area contributed by atoms with Crippen molar-refractivity contribution >= 4 is 11.3 Å². The molecule has 0 amide bonds. The second-order valence-corrected chi connectivity index (χ2v) is 5.09. The molecule has 1 aliphatic rings. The molecule has 0 bridgehead atoms. The van der Waals surface area contributed by atoms with Gasteiger partial charge in [-0.1, -0.05) is 6.07 Å². The summed E-state index contributed by atoms with van der Waals surface area (Å²) in [5.41, 5.74) is 6.15. The van der Waals surface area contributed by atoms with Crippen LogP contribution in [0.3, 0.4) is 0 Å². The third-order valence-electron chi connectivity index (χ3n) is 3.03. The minimum Gasteiger partial charge on any atom is -0.322 e. The van der Waals surface area contributed by atoms with Gasteiger partial charge in [-0.2, -0.15) is 0 Å². The van der Waals surface area contributed by atoms with Gasteiger partial charge in [0.05, 0.1) is 6.04 Å². The van der Waals surface area contributed by atoms with Crippen LogP contribution in [0.4, 0.5) is 0 Å². The maximum atomic E-state index is 6.15. The monoisotopic (exact) mass is 210 g/mol. The van der Waals surface area contributed by atoms with Gasteiger partial charge in [0, 0.05) is 17.5 Å². The molecule has 2 atom stereocenters. The number of nitrogens with zero attached hydrogens (tertiary/aromatic N) is 1. The molecule has 0 aliphatic carbocycles. The van der Waals surface area contributed by atoms with E-state index in [1.165, 1.54) is 24.3 Å². The van der Waals surface area contributed by atoms with E-state index in [0.717, 1.165) is 12.6 Å². The third kappa shape index (κ3) is 2.16. The fourth-order valence-corrected chi connectivity index (χ4v) is 2.83. The molecule has 2 unspecified atom stereocenters. The van der Waals surface area contributed by atoms with Gasteiger partial charge in [-0.3, -0.25) is 4.90 Å². The van der Waals surface area contributed by atoms with Gasteiger partial charge in [-0.15, -0.1) is 11.3 Å². The number of hydrogen-bond acceptors (Lipinski definition) is 3. The molecule has 1 saturated heterocycles. The first-order valence-electron chi connectivity index (χ1n) is 5.30. The van der Waals surface area contributed by atoms with Crippen LogP contribution in [0, 0.1) is 0 Å². The second-order valence-electron chi connectivity index (χ2n) is 4.11. The summed E-state index contributed by atoms with van der Waals surface area (Å²) in [6.45, 7) is 4.54. The Labute approximate surface area is 89.7 Å². The van der Waals surface area contributed by atoms with E-state index in [4.69, 9.17) is 5.73 Å². The molecule has 2 nitrogen and oxygen atoms in total. The zero-order chi connectivity index (χ0) is 9.97. The fraction of sp³-hybridized carbons (Fsp3) is 0.636. The van der Waals surface area contributed by atoms with Gasteiger partial charge in [0.15, 0.2) is 0 Å². The van der Waals surface area contributed by atoms with Gasteiger partial charge in [0.2, 0.25) is 0 Å². The molecule has 1 aromatic heterocycles. The molecule has 1 fully saturated rings. The molecule has 3 heteroatoms. The molecule has 2 rings (SSSR count). The molecule has 1 aliphatic heterocycles. The molecule has 0 spiro atoms. The van der Waals surface area contributed by atoms with Gasteiger partial charge in [0.25, 0.3) is 0 Å². The van der Waals surface area contributed by atoms with Gasteiger partial charge in [0.1, 0.15) is 0 Å². The molecule has 0 saturated carbocycles. The largest absolute Gasteiger partial charge is 0.322 e. The van der Waals surface area contributed by atoms with Crippen LogP contribution in [0.2, 0.25) is 0 Å². The molecule has 0 aromatic carbocycles. The Bertz CT molecular complexity index is 271. The second kappa shape index (κ2) is 4.43. The summed E-state index contributed by atoms with van der Waals surface area (Å²) < 4.78 is 0. The maximum Gasteiger partial charge on any atom is 0.0519 e. The average molecular weight is 210 g/mol. The first-order valence-corrected chi connectivity index (χ1v) is 6.18. The molecule has 1 aromatic rings. The van der Waals surface area contributed by atoms with Crippen molar-refractivity contribution in [3.8, 4) is 0 Å². The molecular weight excluding hydrogens is 192 g/mol. The Morgan fingerprint density at radius 1 is 1.71 bits per heavy atom. The van der Waals surface area contributed by atoms with E-state index in [1.54, 1.807) is 11.3 Å². The molecule has 78 valence electrons. The number of thiophene rings is 1. The summed E-state index contributed by atoms with van der Waals surface area (Å²) in [5, 5.41) is 2.10. The van der Waals surface area contributed by atoms with Crippen molar-refractivity contribution in [3.63, 3.8) is 0 Å². The Kier molecular flexibility index (Phi) is 3.21. The highest BCUT2D eigenvalue weighted by molar-refractivity contribution is 7.10. The summed E-state index contributed by atoms with van der Waals surface area (Å²) in [6.07, 6.45) is 2.66. The van der Waals surface area contributed by atoms with Gasteiger partial charge < -0.3 is 5.73 Å². The normalized spacial score (nSPS) is 25.4. The quantitative estimate of drug-likeness (QED) is 0.829. The Hall–Kier alpha value is -0.380. The predicted octanol–water partition coefficient (Wildman–Crippen LogP) is 2.23. The smallest absolute Gasteiger partial charge is 0.0519 e. The summed E-state index contributed by atoms with van der Waals surface area (Å²) in [7, 11) is 0. The van der Waals surface area contributed by atoms with Crippen LogP contribution in [0.5, 0.6) is 0 Å². The summed E-state index contributed by atoms with van der Waals surface area (Å²) >= 11 is 1.76. The lowest BCUT2D eigenvalue weighted by Crippen LogP contribution is -2.34. The molecule has 14 heavy (non-hydrogen) atoms. The van der Waals surface area contributed by atoms with E-state index in [9.17, 15) is 0 Å². The van der Waals surface area contributed by atoms with Crippen molar-refractivity contribution < 1.29 is 0 Å². The summed E-state index contributed by atoms with van der Waals surface area (Å²) in [5.74, 6) is 0. The molecular formula is C11H18N2S. The lowest BCUT2D eigenvalue weighted by molar-refractivity contribution is 0.253. The van der Waals surface area contributed by atoms with Gasteiger partial charge in [-0.25, -0.2) is 0 Å². The zero-order valence-electron chi connectivity index (χ0n) is 8.65.